The van der Waals surface area contributed by atoms with E-state index in [1.807, 2.05) is 48.5 Å². The number of phenolic OH excluding ortho intramolecular Hbond substituents is 1. The maximum Gasteiger partial charge on any atom is 0.123 e. The van der Waals surface area contributed by atoms with Crippen LogP contribution in [-0.2, 0) is 0 Å². The maximum absolute atomic E-state index is 10.3. The van der Waals surface area contributed by atoms with Crippen LogP contribution < -0.4 is 0 Å². The van der Waals surface area contributed by atoms with Gasteiger partial charge in [0, 0.05) is 16.7 Å². The van der Waals surface area contributed by atoms with Crippen molar-refractivity contribution in [3.63, 3.8) is 0 Å². The first-order valence-electron chi connectivity index (χ1n) is 7.30. The van der Waals surface area contributed by atoms with Crippen molar-refractivity contribution in [2.45, 2.75) is 0 Å². The van der Waals surface area contributed by atoms with E-state index >= 15 is 0 Å². The monoisotopic (exact) mass is 302 g/mol. The Morgan fingerprint density at radius 2 is 1.26 bits per heavy atom. The number of phenols is 1. The van der Waals surface area contributed by atoms with E-state index in [1.54, 1.807) is 31.1 Å². The molecule has 2 aromatic heterocycles. The van der Waals surface area contributed by atoms with Gasteiger partial charge in [0.05, 0.1) is 25.1 Å². The Labute approximate surface area is 133 Å². The van der Waals surface area contributed by atoms with Gasteiger partial charge in [0.15, 0.2) is 0 Å². The van der Waals surface area contributed by atoms with Crippen LogP contribution in [0.3, 0.4) is 0 Å². The summed E-state index contributed by atoms with van der Waals surface area (Å²) in [4.78, 5) is 0. The predicted molar refractivity (Wildman–Crippen MR) is 88.9 cm³/mol. The fourth-order valence-electron chi connectivity index (χ4n) is 2.67. The third-order valence-electron chi connectivity index (χ3n) is 3.88. The smallest absolute Gasteiger partial charge is 0.123 e. The summed E-state index contributed by atoms with van der Waals surface area (Å²) in [5, 5.41) is 10.3. The fourth-order valence-corrected chi connectivity index (χ4v) is 2.67. The molecule has 0 unspecified atom stereocenters. The quantitative estimate of drug-likeness (QED) is 0.537. The lowest BCUT2D eigenvalue weighted by Crippen LogP contribution is -1.83. The highest BCUT2D eigenvalue weighted by molar-refractivity contribution is 5.80. The summed E-state index contributed by atoms with van der Waals surface area (Å²) in [5.41, 5.74) is 5.78. The van der Waals surface area contributed by atoms with Gasteiger partial charge in [-0.15, -0.1) is 0 Å². The Kier molecular flexibility index (Phi) is 3.24. The Morgan fingerprint density at radius 1 is 0.609 bits per heavy atom. The van der Waals surface area contributed by atoms with Crippen LogP contribution in [0, 0.1) is 0 Å². The van der Waals surface area contributed by atoms with Gasteiger partial charge in [-0.1, -0.05) is 24.3 Å². The Morgan fingerprint density at radius 3 is 1.91 bits per heavy atom. The normalized spacial score (nSPS) is 10.8. The predicted octanol–water partition coefficient (Wildman–Crippen LogP) is 5.58. The Bertz CT molecular complexity index is 919. The molecule has 3 heteroatoms. The number of hydrogen-bond acceptors (Lipinski definition) is 3. The summed E-state index contributed by atoms with van der Waals surface area (Å²) in [6.07, 6.45) is 6.69. The van der Waals surface area contributed by atoms with Gasteiger partial charge in [0.2, 0.25) is 0 Å². The molecule has 0 atom stereocenters. The standard InChI is InChI=1S/C20H14O3/c21-20-5-4-15(18-7-9-23-13-18)11-19(20)16-3-1-2-14(10-16)17-6-8-22-12-17/h1-13,21H. The number of aromatic hydroxyl groups is 1. The zero-order valence-corrected chi connectivity index (χ0v) is 12.3. The first-order valence-corrected chi connectivity index (χ1v) is 7.30. The molecule has 0 fully saturated rings. The molecule has 0 radical (unpaired) electrons. The van der Waals surface area contributed by atoms with Crippen molar-refractivity contribution in [3.05, 3.63) is 79.6 Å². The second-order valence-corrected chi connectivity index (χ2v) is 5.34. The molecule has 0 spiro atoms. The second kappa shape index (κ2) is 5.54. The van der Waals surface area contributed by atoms with Gasteiger partial charge >= 0.3 is 0 Å². The van der Waals surface area contributed by atoms with E-state index in [0.717, 1.165) is 33.4 Å². The van der Waals surface area contributed by atoms with Crippen LogP contribution in [0.25, 0.3) is 33.4 Å². The molecule has 0 bridgehead atoms. The summed E-state index contributed by atoms with van der Waals surface area (Å²) >= 11 is 0. The number of benzene rings is 2. The van der Waals surface area contributed by atoms with Crippen LogP contribution in [0.15, 0.2) is 88.5 Å². The fraction of sp³-hybridized carbons (Fsp3) is 0. The average molecular weight is 302 g/mol. The van der Waals surface area contributed by atoms with Gasteiger partial charge in [-0.3, -0.25) is 0 Å². The van der Waals surface area contributed by atoms with Gasteiger partial charge in [-0.05, 0) is 47.0 Å². The second-order valence-electron chi connectivity index (χ2n) is 5.34. The molecule has 0 saturated heterocycles. The van der Waals surface area contributed by atoms with Crippen molar-refractivity contribution < 1.29 is 13.9 Å². The highest BCUT2D eigenvalue weighted by Crippen LogP contribution is 2.35. The van der Waals surface area contributed by atoms with Gasteiger partial charge < -0.3 is 13.9 Å². The van der Waals surface area contributed by atoms with E-state index in [0.29, 0.717) is 0 Å². The average Bonchev–Trinajstić information content (AvgIpc) is 3.29. The summed E-state index contributed by atoms with van der Waals surface area (Å²) in [6, 6.07) is 17.4. The van der Waals surface area contributed by atoms with Crippen molar-refractivity contribution >= 4 is 0 Å². The third-order valence-corrected chi connectivity index (χ3v) is 3.88. The highest BCUT2D eigenvalue weighted by Gasteiger charge is 2.09. The molecule has 4 rings (SSSR count). The van der Waals surface area contributed by atoms with Crippen LogP contribution >= 0.6 is 0 Å². The molecule has 2 aromatic carbocycles. The highest BCUT2D eigenvalue weighted by atomic mass is 16.3. The summed E-state index contributed by atoms with van der Waals surface area (Å²) in [6.45, 7) is 0. The summed E-state index contributed by atoms with van der Waals surface area (Å²) in [5.74, 6) is 0.251. The van der Waals surface area contributed by atoms with Crippen LogP contribution in [0.2, 0.25) is 0 Å². The van der Waals surface area contributed by atoms with Gasteiger partial charge in [-0.25, -0.2) is 0 Å². The van der Waals surface area contributed by atoms with Crippen LogP contribution in [-0.4, -0.2) is 5.11 Å². The SMILES string of the molecule is Oc1ccc(-c2ccoc2)cc1-c1cccc(-c2ccoc2)c1. The van der Waals surface area contributed by atoms with E-state index in [1.165, 1.54) is 0 Å². The molecular formula is C20H14O3. The number of rotatable bonds is 3. The van der Waals surface area contributed by atoms with Crippen molar-refractivity contribution in [2.75, 3.05) is 0 Å². The minimum Gasteiger partial charge on any atom is -0.507 e. The topological polar surface area (TPSA) is 46.5 Å². The molecule has 0 aliphatic carbocycles. The summed E-state index contributed by atoms with van der Waals surface area (Å²) in [7, 11) is 0. The zero-order valence-electron chi connectivity index (χ0n) is 12.3. The number of furan rings is 2. The minimum absolute atomic E-state index is 0.251. The van der Waals surface area contributed by atoms with E-state index in [9.17, 15) is 5.11 Å². The Hall–Kier alpha value is -3.20. The maximum atomic E-state index is 10.3. The lowest BCUT2D eigenvalue weighted by Gasteiger charge is -2.09. The van der Waals surface area contributed by atoms with Crippen LogP contribution in [0.5, 0.6) is 5.75 Å². The molecule has 2 heterocycles. The van der Waals surface area contributed by atoms with Crippen molar-refractivity contribution in [3.8, 4) is 39.1 Å². The van der Waals surface area contributed by atoms with Crippen LogP contribution in [0.1, 0.15) is 0 Å². The minimum atomic E-state index is 0.251. The molecule has 0 saturated carbocycles. The first-order chi connectivity index (χ1) is 11.3. The van der Waals surface area contributed by atoms with E-state index in [2.05, 4.69) is 0 Å². The molecule has 3 nitrogen and oxygen atoms in total. The third kappa shape index (κ3) is 2.53. The molecule has 0 aliphatic rings. The van der Waals surface area contributed by atoms with E-state index < -0.39 is 0 Å². The Balaban J connectivity index is 1.81. The van der Waals surface area contributed by atoms with Gasteiger partial charge in [-0.2, -0.15) is 0 Å². The van der Waals surface area contributed by atoms with Crippen molar-refractivity contribution in [1.82, 2.24) is 0 Å². The van der Waals surface area contributed by atoms with Crippen molar-refractivity contribution in [2.24, 2.45) is 0 Å². The molecule has 0 amide bonds. The molecule has 112 valence electrons. The molecule has 1 N–H and O–H groups in total. The van der Waals surface area contributed by atoms with Crippen molar-refractivity contribution in [1.29, 1.82) is 0 Å². The van der Waals surface area contributed by atoms with E-state index in [4.69, 9.17) is 8.83 Å². The van der Waals surface area contributed by atoms with Gasteiger partial charge in [0.25, 0.3) is 0 Å². The zero-order chi connectivity index (χ0) is 15.6. The molecule has 4 aromatic rings. The molecule has 0 aliphatic heterocycles. The number of hydrogen-bond donors (Lipinski definition) is 1. The van der Waals surface area contributed by atoms with Gasteiger partial charge in [0.1, 0.15) is 5.75 Å². The first kappa shape index (κ1) is 13.5. The summed E-state index contributed by atoms with van der Waals surface area (Å²) < 4.78 is 10.3. The largest absolute Gasteiger partial charge is 0.507 e. The van der Waals surface area contributed by atoms with Crippen LogP contribution in [0.4, 0.5) is 0 Å². The molecule has 23 heavy (non-hydrogen) atoms. The molecular weight excluding hydrogens is 288 g/mol. The lowest BCUT2D eigenvalue weighted by molar-refractivity contribution is 0.477. The van der Waals surface area contributed by atoms with E-state index in [-0.39, 0.29) is 5.75 Å². The lowest BCUT2D eigenvalue weighted by atomic mass is 9.97.